The number of aliphatic hydroxyl groups is 3. The normalized spacial score (nSPS) is 17.2. The fourth-order valence-corrected chi connectivity index (χ4v) is 14.0. The number of guanidine groups is 1. The second-order valence-electron chi connectivity index (χ2n) is 33.2. The van der Waals surface area contributed by atoms with Gasteiger partial charge in [0.25, 0.3) is 0 Å². The molecular formula is C82H137N25O23S2. The Hall–Kier alpha value is -11.4. The lowest BCUT2D eigenvalue weighted by molar-refractivity contribution is -0.142. The Morgan fingerprint density at radius 2 is 0.818 bits per heavy atom. The number of primary amides is 1. The molecule has 0 aromatic heterocycles. The summed E-state index contributed by atoms with van der Waals surface area (Å²) in [4.78, 5) is 244. The van der Waals surface area contributed by atoms with Crippen molar-refractivity contribution in [1.29, 1.82) is 0 Å². The fourth-order valence-electron chi connectivity index (χ4n) is 13.6. The van der Waals surface area contributed by atoms with Crippen molar-refractivity contribution < 1.29 is 112 Å². The van der Waals surface area contributed by atoms with Crippen LogP contribution in [0.15, 0.2) is 53.5 Å². The minimum Gasteiger partial charge on any atom is -0.508 e. The van der Waals surface area contributed by atoms with Crippen molar-refractivity contribution in [2.45, 2.75) is 265 Å². The lowest BCUT2D eigenvalue weighted by Gasteiger charge is -2.34. The number of unbranched alkanes of at least 4 members (excludes halogenated alkanes) is 1. The molecule has 20 atom stereocenters. The molecule has 1 heterocycles. The zero-order valence-electron chi connectivity index (χ0n) is 75.4. The van der Waals surface area contributed by atoms with Gasteiger partial charge in [0, 0.05) is 42.9 Å². The number of aliphatic imine (C=N–C) groups is 1. The van der Waals surface area contributed by atoms with E-state index in [2.05, 4.69) is 105 Å². The van der Waals surface area contributed by atoms with E-state index in [4.69, 9.17) is 51.6 Å². The van der Waals surface area contributed by atoms with E-state index in [9.17, 15) is 112 Å². The Kier molecular flexibility index (Phi) is 49.7. The lowest BCUT2D eigenvalue weighted by Crippen LogP contribution is -2.64. The predicted molar refractivity (Wildman–Crippen MR) is 488 cm³/mol. The first-order valence-electron chi connectivity index (χ1n) is 43.3. The van der Waals surface area contributed by atoms with E-state index in [1.807, 2.05) is 0 Å². The molecule has 0 bridgehead atoms. The Morgan fingerprint density at radius 1 is 0.462 bits per heavy atom. The van der Waals surface area contributed by atoms with Crippen molar-refractivity contribution >= 4 is 132 Å². The van der Waals surface area contributed by atoms with Crippen LogP contribution in [0.2, 0.25) is 0 Å². The van der Waals surface area contributed by atoms with E-state index >= 15 is 0 Å². The van der Waals surface area contributed by atoms with Gasteiger partial charge >= 0.3 is 5.97 Å². The first-order valence-corrected chi connectivity index (χ1v) is 44.4. The third-order valence-corrected chi connectivity index (χ3v) is 22.0. The molecule has 1 aliphatic rings. The molecule has 2 aromatic rings. The van der Waals surface area contributed by atoms with Crippen LogP contribution in [0, 0.1) is 11.8 Å². The number of β-amino-alcohol motifs (C(OH)–C–C–N with tert-alkyl or cyclic N) is 1. The van der Waals surface area contributed by atoms with Gasteiger partial charge in [-0.25, -0.2) is 4.79 Å². The quantitative estimate of drug-likeness (QED) is 0.0127. The number of likely N-dealkylation sites (tertiary alicyclic amines) is 1. The van der Waals surface area contributed by atoms with E-state index < -0.39 is 245 Å². The number of carboxylic acids is 1. The molecule has 16 amide bonds. The highest BCUT2D eigenvalue weighted by atomic mass is 32.1. The molecule has 1 saturated heterocycles. The minimum absolute atomic E-state index is 0.0906. The largest absolute Gasteiger partial charge is 0.508 e. The first kappa shape index (κ1) is 115. The highest BCUT2D eigenvalue weighted by molar-refractivity contribution is 7.81. The van der Waals surface area contributed by atoms with Crippen LogP contribution in [0.4, 0.5) is 0 Å². The summed E-state index contributed by atoms with van der Waals surface area (Å²) >= 11 is 8.80. The van der Waals surface area contributed by atoms with Gasteiger partial charge in [-0.1, -0.05) is 58.4 Å². The van der Waals surface area contributed by atoms with E-state index in [1.165, 1.54) is 62.4 Å². The number of phenolic OH excluding ortho intramolecular Hbond substituents is 2. The van der Waals surface area contributed by atoms with Crippen molar-refractivity contribution in [1.82, 2.24) is 79.3 Å². The molecule has 0 unspecified atom stereocenters. The fraction of sp³-hybridized carbons (Fsp3) is 0.634. The number of benzene rings is 2. The van der Waals surface area contributed by atoms with E-state index in [0.29, 0.717) is 17.5 Å². The minimum atomic E-state index is -1.98. The number of hydrogen-bond donors (Lipinski definition) is 31. The third kappa shape index (κ3) is 38.5. The van der Waals surface area contributed by atoms with Gasteiger partial charge < -0.3 is 162 Å². The van der Waals surface area contributed by atoms with E-state index in [1.54, 1.807) is 27.7 Å². The molecule has 0 spiro atoms. The second-order valence-corrected chi connectivity index (χ2v) is 34.7. The number of nitrogens with two attached hydrogens (primary N) is 9. The molecule has 3 rings (SSSR count). The molecule has 48 nitrogen and oxygen atoms in total. The van der Waals surface area contributed by atoms with Crippen molar-refractivity contribution in [3.8, 4) is 11.5 Å². The summed E-state index contributed by atoms with van der Waals surface area (Å²) in [5.74, 6) is -20.3. The van der Waals surface area contributed by atoms with Crippen molar-refractivity contribution in [2.24, 2.45) is 68.4 Å². The number of aromatic hydroxyl groups is 2. The standard InChI is InChI=1S/C82H137N25O23S2/c1-9-40(4)61(103-74(123)58-35-47(112)37-107(58)79(128)60(89)39(2)3)75(124)106-64(82(7,8)132)78(127)100-54(33-43-15-19-45(110)20-16-43)71(120)96-50(23-28-84)67(116)99-55(36-59(88)113)72(121)94-49(14-12-32-92-81(90)91)65(114)95-53(26-31-87)70(119)105-63(42(6)109)77(126)97-51(24-29-85)66(115)93-48(13-10-11-27-83)69(118)104-62(41(5)108)76(125)98-52(25-30-86)68(117)102-57(38-131)73(122)101-56(80(129)130)34-44-17-21-46(111)22-18-44/h15-22,39-42,47-58,60-64,108-112,131-132H,9-14,23-38,83-87,89H2,1-8H3,(H2,88,113)(H,93,115)(H,94,121)(H,95,114)(H,96,120)(H,97,126)(H,98,125)(H,99,116)(H,100,127)(H,101,122)(H,102,117)(H,103,123)(H,104,118)(H,105,119)(H,106,124)(H,129,130)(H4,90,91,92)/t40-,41+,42+,47+,48-,49-,50-,51+,52-,53-,54-,55-,56-,57-,58-,60-,61-,62-,63-,64+/m0/s1. The molecule has 50 heteroatoms. The number of phenols is 2. The van der Waals surface area contributed by atoms with Crippen LogP contribution in [0.1, 0.15) is 144 Å². The Balaban J connectivity index is 1.92. The molecule has 1 fully saturated rings. The van der Waals surface area contributed by atoms with Crippen LogP contribution in [-0.2, 0) is 94.3 Å². The summed E-state index contributed by atoms with van der Waals surface area (Å²) in [5.41, 5.74) is 53.1. The average molecular weight is 1910 g/mol. The number of aliphatic carboxylic acids is 1. The second kappa shape index (κ2) is 57.2. The number of rotatable bonds is 59. The van der Waals surface area contributed by atoms with Crippen molar-refractivity contribution in [2.75, 3.05) is 51.6 Å². The average Bonchev–Trinajstić information content (AvgIpc) is 1.75. The Labute approximate surface area is 775 Å². The number of nitrogens with zero attached hydrogens (tertiary/aromatic N) is 2. The maximum absolute atomic E-state index is 14.8. The van der Waals surface area contributed by atoms with E-state index in [0.717, 1.165) is 18.7 Å². The Morgan fingerprint density at radius 3 is 1.20 bits per heavy atom. The molecule has 1 aliphatic heterocycles. The summed E-state index contributed by atoms with van der Waals surface area (Å²) < 4.78 is -1.46. The highest BCUT2D eigenvalue weighted by Crippen LogP contribution is 2.25. The molecule has 0 aliphatic carbocycles. The van der Waals surface area contributed by atoms with Gasteiger partial charge in [0.15, 0.2) is 5.96 Å². The molecule has 38 N–H and O–H groups in total. The van der Waals surface area contributed by atoms with Gasteiger partial charge in [-0.05, 0) is 165 Å². The SMILES string of the molecule is CC[C@H](C)[C@H](NC(=O)[C@@H]1C[C@@H](O)CN1C(=O)[C@@H](N)C(C)C)C(=O)N[C@H](C(=O)N[C@@H](Cc1ccc(O)cc1)C(=O)N[C@@H](CCN)C(=O)N[C@@H](CC(N)=O)C(=O)N[C@@H](CCCN=C(N)N)C(=O)N[C@@H](CCN)C(=O)N[C@H](C(=O)N[C@H](CCN)C(=O)N[C@@H](CCCCN)C(=O)N[C@H](C(=O)N[C@@H](CCN)C(=O)N[C@@H](CS)C(=O)N[C@@H](Cc1ccc(O)cc1)C(=O)O)[C@@H](C)O)[C@@H](C)O)C(C)(C)S. The molecule has 2 aromatic carbocycles. The summed E-state index contributed by atoms with van der Waals surface area (Å²) in [6, 6.07) is -14.8. The summed E-state index contributed by atoms with van der Waals surface area (Å²) in [7, 11) is 0. The summed E-state index contributed by atoms with van der Waals surface area (Å²) in [6.45, 7) is 10.4. The van der Waals surface area contributed by atoms with Gasteiger partial charge in [-0.2, -0.15) is 25.3 Å². The van der Waals surface area contributed by atoms with Crippen LogP contribution >= 0.6 is 25.3 Å². The Bertz CT molecular complexity index is 4230. The summed E-state index contributed by atoms with van der Waals surface area (Å²) in [5, 5.41) is 96.7. The topological polar surface area (TPSA) is 830 Å². The number of nitrogens with one attached hydrogen (secondary N) is 14. The van der Waals surface area contributed by atoms with E-state index in [-0.39, 0.29) is 139 Å². The predicted octanol–water partition coefficient (Wildman–Crippen LogP) is -10.4. The van der Waals surface area contributed by atoms with Gasteiger partial charge in [0.1, 0.15) is 102 Å². The molecule has 740 valence electrons. The zero-order valence-corrected chi connectivity index (χ0v) is 77.2. The number of carbonyl (C=O) groups excluding carboxylic acids is 16. The molecule has 0 radical (unpaired) electrons. The number of thiol groups is 2. The van der Waals surface area contributed by atoms with Crippen LogP contribution in [0.3, 0.4) is 0 Å². The van der Waals surface area contributed by atoms with Gasteiger partial charge in [0.2, 0.25) is 94.5 Å². The van der Waals surface area contributed by atoms with Crippen LogP contribution in [0.5, 0.6) is 11.5 Å². The smallest absolute Gasteiger partial charge is 0.326 e. The summed E-state index contributed by atoms with van der Waals surface area (Å²) in [6.07, 6.45) is -7.75. The number of amides is 16. The molecule has 0 saturated carbocycles. The molecule has 132 heavy (non-hydrogen) atoms. The maximum Gasteiger partial charge on any atom is 0.326 e. The van der Waals surface area contributed by atoms with Crippen molar-refractivity contribution in [3.63, 3.8) is 0 Å². The maximum atomic E-state index is 14.8. The number of carbonyl (C=O) groups is 17. The van der Waals surface area contributed by atoms with Crippen molar-refractivity contribution in [3.05, 3.63) is 59.7 Å². The third-order valence-electron chi connectivity index (χ3n) is 21.4. The van der Waals surface area contributed by atoms with Gasteiger partial charge in [0.05, 0.1) is 30.8 Å². The van der Waals surface area contributed by atoms with Gasteiger partial charge in [-0.3, -0.25) is 81.7 Å². The van der Waals surface area contributed by atoms with Gasteiger partial charge in [-0.15, -0.1) is 0 Å². The first-order chi connectivity index (χ1) is 62.0. The zero-order chi connectivity index (χ0) is 99.7. The monoisotopic (exact) mass is 1900 g/mol. The van der Waals surface area contributed by atoms with Crippen LogP contribution in [0.25, 0.3) is 0 Å². The number of hydrogen-bond acceptors (Lipinski definition) is 31. The highest BCUT2D eigenvalue weighted by Gasteiger charge is 2.46. The number of aliphatic hydroxyl groups excluding tert-OH is 3. The van der Waals surface area contributed by atoms with Crippen LogP contribution in [-0.4, -0.2) is 313 Å². The lowest BCUT2D eigenvalue weighted by atomic mass is 9.95. The molecular weight excluding hydrogens is 1770 g/mol. The van der Waals surface area contributed by atoms with Crippen LogP contribution < -0.4 is 126 Å². The number of carboxylic acid groups (broad SMARTS) is 1.